The van der Waals surface area contributed by atoms with Crippen LogP contribution in [0.2, 0.25) is 0 Å². The van der Waals surface area contributed by atoms with Gasteiger partial charge in [-0.3, -0.25) is 0 Å². The van der Waals surface area contributed by atoms with Crippen LogP contribution in [-0.2, 0) is 20.4 Å². The first-order valence-corrected chi connectivity index (χ1v) is 15.4. The van der Waals surface area contributed by atoms with Crippen LogP contribution >= 0.6 is 22.7 Å². The van der Waals surface area contributed by atoms with Gasteiger partial charge < -0.3 is 19.1 Å². The lowest BCUT2D eigenvalue weighted by Gasteiger charge is -2.37. The highest BCUT2D eigenvalue weighted by molar-refractivity contribution is 7.34. The van der Waals surface area contributed by atoms with E-state index >= 15 is 0 Å². The minimum atomic E-state index is -0.971. The van der Waals surface area contributed by atoms with Crippen molar-refractivity contribution in [3.63, 3.8) is 0 Å². The number of benzene rings is 1. The van der Waals surface area contributed by atoms with Crippen LogP contribution in [0.1, 0.15) is 99.1 Å². The van der Waals surface area contributed by atoms with E-state index in [1.54, 1.807) is 36.5 Å². The van der Waals surface area contributed by atoms with E-state index in [1.807, 2.05) is 13.8 Å². The predicted octanol–water partition coefficient (Wildman–Crippen LogP) is 5.95. The van der Waals surface area contributed by atoms with Gasteiger partial charge in [0.05, 0.1) is 37.4 Å². The van der Waals surface area contributed by atoms with Gasteiger partial charge in [-0.1, -0.05) is 26.2 Å². The van der Waals surface area contributed by atoms with Gasteiger partial charge in [0, 0.05) is 14.9 Å². The number of hydrogen-bond acceptors (Lipinski definition) is 7. The number of unbranched alkanes of at least 4 members (excludes halogenated alkanes) is 3. The molecule has 0 atom stereocenters. The molecule has 38 heavy (non-hydrogen) atoms. The summed E-state index contributed by atoms with van der Waals surface area (Å²) in [5.74, 6) is 0. The first-order valence-electron chi connectivity index (χ1n) is 13.7. The fourth-order valence-electron chi connectivity index (χ4n) is 4.59. The van der Waals surface area contributed by atoms with Crippen molar-refractivity contribution in [2.24, 2.45) is 0 Å². The summed E-state index contributed by atoms with van der Waals surface area (Å²) >= 11 is 3.39. The molecule has 3 aromatic rings. The van der Waals surface area contributed by atoms with Crippen LogP contribution in [0.3, 0.4) is 0 Å². The van der Waals surface area contributed by atoms with Crippen molar-refractivity contribution in [1.82, 2.24) is 0 Å². The van der Waals surface area contributed by atoms with Crippen LogP contribution < -0.4 is 9.55 Å². The molecule has 0 bridgehead atoms. The Bertz CT molecular complexity index is 1350. The second-order valence-corrected chi connectivity index (χ2v) is 14.8. The van der Waals surface area contributed by atoms with Gasteiger partial charge in [-0.2, -0.15) is 5.26 Å². The summed E-state index contributed by atoms with van der Waals surface area (Å²) in [4.78, 5) is 0. The molecule has 1 aliphatic rings. The Morgan fingerprint density at radius 2 is 1.63 bits per heavy atom. The summed E-state index contributed by atoms with van der Waals surface area (Å²) in [6.45, 7) is 17.9. The van der Waals surface area contributed by atoms with Crippen molar-refractivity contribution in [2.75, 3.05) is 0 Å². The second kappa shape index (κ2) is 10.5. The van der Waals surface area contributed by atoms with Crippen LogP contribution in [0, 0.1) is 11.3 Å². The predicted molar refractivity (Wildman–Crippen MR) is 164 cm³/mol. The number of nitrogens with zero attached hydrogens (tertiary/aromatic N) is 1. The monoisotopic (exact) mass is 553 g/mol. The Balaban J connectivity index is 1.81. The first kappa shape index (κ1) is 29.6. The lowest BCUT2D eigenvalue weighted by atomic mass is 9.85. The fourth-order valence-corrected chi connectivity index (χ4v) is 6.97. The van der Waals surface area contributed by atoms with Crippen molar-refractivity contribution in [1.29, 1.82) is 5.26 Å². The Labute approximate surface area is 236 Å². The van der Waals surface area contributed by atoms with Crippen molar-refractivity contribution < 1.29 is 19.1 Å². The average Bonchev–Trinajstić information content (AvgIpc) is 3.48. The quantitative estimate of drug-likeness (QED) is 0.248. The summed E-state index contributed by atoms with van der Waals surface area (Å²) in [6.07, 6.45) is 5.47. The Kier molecular flexibility index (Phi) is 8.20. The normalized spacial score (nSPS) is 17.4. The molecule has 0 saturated carbocycles. The van der Waals surface area contributed by atoms with Crippen molar-refractivity contribution >= 4 is 67.0 Å². The molecule has 0 unspecified atom stereocenters. The summed E-state index contributed by atoms with van der Waals surface area (Å²) in [7, 11) is -0.0490. The van der Waals surface area contributed by atoms with E-state index in [4.69, 9.17) is 14.0 Å². The molecule has 0 radical (unpaired) electrons. The topological polar surface area (TPSA) is 71.7 Å². The van der Waals surface area contributed by atoms with E-state index in [-0.39, 0.29) is 0 Å². The minimum absolute atomic E-state index is 0.407. The van der Waals surface area contributed by atoms with Gasteiger partial charge in [-0.25, -0.2) is 0 Å². The SMILES string of the molecule is CCCCCCc1c(C#N)c2cc(B3OC(C)(C)C(C)(C)O3)sc2c2sc(BOC(C)(C)C(C)(C)O)cc12. The second-order valence-electron chi connectivity index (χ2n) is 12.6. The zero-order valence-electron chi connectivity index (χ0n) is 24.4. The molecule has 0 aliphatic carbocycles. The summed E-state index contributed by atoms with van der Waals surface area (Å²) in [5, 5.41) is 23.1. The zero-order valence-corrected chi connectivity index (χ0v) is 26.0. The molecular weight excluding hydrogens is 512 g/mol. The van der Waals surface area contributed by atoms with E-state index in [9.17, 15) is 10.4 Å². The lowest BCUT2D eigenvalue weighted by molar-refractivity contribution is -0.0892. The zero-order chi connectivity index (χ0) is 28.1. The molecule has 9 heteroatoms. The van der Waals surface area contributed by atoms with Crippen molar-refractivity contribution in [2.45, 2.75) is 117 Å². The highest BCUT2D eigenvalue weighted by Gasteiger charge is 2.52. The molecule has 4 rings (SSSR count). The summed E-state index contributed by atoms with van der Waals surface area (Å²) in [6, 6.07) is 6.87. The van der Waals surface area contributed by atoms with Gasteiger partial charge in [-0.05, 0) is 91.3 Å². The maximum atomic E-state index is 10.6. The molecule has 1 fully saturated rings. The third-order valence-corrected chi connectivity index (χ3v) is 11.0. The molecule has 1 saturated heterocycles. The van der Waals surface area contributed by atoms with Gasteiger partial charge in [0.1, 0.15) is 6.07 Å². The van der Waals surface area contributed by atoms with Crippen LogP contribution in [0.15, 0.2) is 12.1 Å². The van der Waals surface area contributed by atoms with Gasteiger partial charge >= 0.3 is 14.6 Å². The fraction of sp³-hybridized carbons (Fsp3) is 0.621. The van der Waals surface area contributed by atoms with E-state index in [1.165, 1.54) is 17.5 Å². The number of nitriles is 1. The third kappa shape index (κ3) is 5.46. The third-order valence-electron chi connectivity index (χ3n) is 8.56. The number of thiophene rings is 2. The van der Waals surface area contributed by atoms with Gasteiger partial charge in [0.25, 0.3) is 0 Å². The number of aliphatic hydroxyl groups is 1. The smallest absolute Gasteiger partial charge is 0.426 e. The average molecular weight is 553 g/mol. The molecule has 0 spiro atoms. The first-order chi connectivity index (χ1) is 17.6. The lowest BCUT2D eigenvalue weighted by Crippen LogP contribution is -2.49. The highest BCUT2D eigenvalue weighted by atomic mass is 32.1. The van der Waals surface area contributed by atoms with Gasteiger partial charge in [0.15, 0.2) is 0 Å². The van der Waals surface area contributed by atoms with Gasteiger partial charge in [0.2, 0.25) is 0 Å². The van der Waals surface area contributed by atoms with Crippen LogP contribution in [0.4, 0.5) is 0 Å². The Hall–Kier alpha value is -1.40. The molecule has 1 N–H and O–H groups in total. The summed E-state index contributed by atoms with van der Waals surface area (Å²) in [5.41, 5.74) is -0.620. The highest BCUT2D eigenvalue weighted by Crippen LogP contribution is 2.41. The number of rotatable bonds is 10. The van der Waals surface area contributed by atoms with Crippen LogP contribution in [0.5, 0.6) is 0 Å². The number of aryl methyl sites for hydroxylation is 1. The molecule has 5 nitrogen and oxygen atoms in total. The molecule has 2 aromatic heterocycles. The van der Waals surface area contributed by atoms with Crippen molar-refractivity contribution in [3.05, 3.63) is 23.3 Å². The number of fused-ring (bicyclic) bond motifs is 3. The number of hydrogen-bond donors (Lipinski definition) is 1. The van der Waals surface area contributed by atoms with E-state index < -0.39 is 29.5 Å². The van der Waals surface area contributed by atoms with E-state index in [0.717, 1.165) is 55.4 Å². The minimum Gasteiger partial charge on any atom is -0.426 e. The van der Waals surface area contributed by atoms with Crippen LogP contribution in [0.25, 0.3) is 20.2 Å². The molecule has 1 aliphatic heterocycles. The molecule has 3 heterocycles. The van der Waals surface area contributed by atoms with Crippen molar-refractivity contribution in [3.8, 4) is 6.07 Å². The Morgan fingerprint density at radius 3 is 2.21 bits per heavy atom. The van der Waals surface area contributed by atoms with E-state index in [0.29, 0.717) is 7.48 Å². The molecule has 0 amide bonds. The van der Waals surface area contributed by atoms with Gasteiger partial charge in [-0.15, -0.1) is 22.7 Å². The standard InChI is InChI=1S/C29H41B2NO4S2/c1-10-11-12-13-14-18-19-15-22(30-34-27(4,5)26(2,3)33)37-24(19)25-20(21(18)17-32)16-23(38-25)31-35-28(6,7)29(8,9)36-31/h15-16,30,33H,10-14H2,1-9H3. The molecule has 1 aromatic carbocycles. The van der Waals surface area contributed by atoms with Crippen LogP contribution in [-0.4, -0.2) is 42.1 Å². The van der Waals surface area contributed by atoms with E-state index in [2.05, 4.69) is 52.8 Å². The molecular formula is C29H41B2NO4S2. The summed E-state index contributed by atoms with van der Waals surface area (Å²) < 4.78 is 23.3. The Morgan fingerprint density at radius 1 is 1.00 bits per heavy atom. The molecule has 204 valence electrons. The maximum Gasteiger partial charge on any atom is 0.505 e. The largest absolute Gasteiger partial charge is 0.505 e. The maximum absolute atomic E-state index is 10.6.